The monoisotopic (exact) mass is 394 g/mol. The summed E-state index contributed by atoms with van der Waals surface area (Å²) in [5.41, 5.74) is 3.56. The summed E-state index contributed by atoms with van der Waals surface area (Å²) in [5.74, 6) is -0.209. The minimum atomic E-state index is -0.238. The number of thiophene rings is 1. The van der Waals surface area contributed by atoms with E-state index < -0.39 is 0 Å². The number of benzene rings is 2. The minimum Gasteiger partial charge on any atom is -0.355 e. The molecule has 0 aliphatic carbocycles. The number of halogens is 1. The Morgan fingerprint density at radius 3 is 2.68 bits per heavy atom. The quantitative estimate of drug-likeness (QED) is 0.680. The zero-order valence-corrected chi connectivity index (χ0v) is 16.4. The highest BCUT2D eigenvalue weighted by Gasteiger charge is 2.30. The Morgan fingerprint density at radius 2 is 1.89 bits per heavy atom. The van der Waals surface area contributed by atoms with E-state index in [1.54, 1.807) is 23.5 Å². The Morgan fingerprint density at radius 1 is 1.11 bits per heavy atom. The van der Waals surface area contributed by atoms with Crippen LogP contribution in [0.3, 0.4) is 0 Å². The Labute approximate surface area is 168 Å². The molecule has 0 fully saturated rings. The number of hydrogen-bond donors (Lipinski definition) is 1. The van der Waals surface area contributed by atoms with Gasteiger partial charge in [-0.05, 0) is 53.1 Å². The van der Waals surface area contributed by atoms with Gasteiger partial charge in [0, 0.05) is 18.0 Å². The fourth-order valence-corrected chi connectivity index (χ4v) is 4.71. The van der Waals surface area contributed by atoms with Crippen molar-refractivity contribution in [2.24, 2.45) is 0 Å². The molecule has 0 spiro atoms. The van der Waals surface area contributed by atoms with E-state index in [9.17, 15) is 9.18 Å². The van der Waals surface area contributed by atoms with Crippen LogP contribution in [0.1, 0.15) is 27.6 Å². The first kappa shape index (κ1) is 18.8. The van der Waals surface area contributed by atoms with Crippen LogP contribution in [0.15, 0.2) is 66.0 Å². The highest BCUT2D eigenvalue weighted by Crippen LogP contribution is 2.37. The maximum absolute atomic E-state index is 13.0. The van der Waals surface area contributed by atoms with Crippen LogP contribution >= 0.6 is 11.3 Å². The smallest absolute Gasteiger partial charge is 0.234 e. The van der Waals surface area contributed by atoms with E-state index in [0.717, 1.165) is 18.5 Å². The van der Waals surface area contributed by atoms with Crippen LogP contribution in [0, 0.1) is 5.82 Å². The number of fused-ring (bicyclic) bond motifs is 1. The normalized spacial score (nSPS) is 16.5. The fourth-order valence-electron chi connectivity index (χ4n) is 3.80. The maximum Gasteiger partial charge on any atom is 0.234 e. The minimum absolute atomic E-state index is 0.0294. The Hall–Kier alpha value is -2.50. The lowest BCUT2D eigenvalue weighted by atomic mass is 9.93. The van der Waals surface area contributed by atoms with E-state index in [4.69, 9.17) is 0 Å². The average Bonchev–Trinajstić information content (AvgIpc) is 3.19. The first-order valence-corrected chi connectivity index (χ1v) is 10.4. The molecule has 4 rings (SSSR count). The molecule has 1 aromatic heterocycles. The standard InChI is InChI=1S/C23H23FN2OS/c24-19-8-6-17(7-9-19)10-13-25-22(27)16-26-14-11-21-20(12-15-28-21)23(26)18-4-2-1-3-5-18/h1-9,12,15,23H,10-11,13-14,16H2,(H,25,27). The van der Waals surface area contributed by atoms with Crippen LogP contribution in [0.4, 0.5) is 4.39 Å². The lowest BCUT2D eigenvalue weighted by molar-refractivity contribution is -0.122. The molecule has 1 atom stereocenters. The van der Waals surface area contributed by atoms with Gasteiger partial charge in [0.1, 0.15) is 5.82 Å². The summed E-state index contributed by atoms with van der Waals surface area (Å²) < 4.78 is 13.0. The second-order valence-corrected chi connectivity index (χ2v) is 8.06. The molecule has 28 heavy (non-hydrogen) atoms. The van der Waals surface area contributed by atoms with Gasteiger partial charge in [-0.3, -0.25) is 9.69 Å². The Bertz CT molecular complexity index is 923. The molecule has 3 nitrogen and oxygen atoms in total. The molecule has 1 N–H and O–H groups in total. The van der Waals surface area contributed by atoms with Crippen LogP contribution in [0.2, 0.25) is 0 Å². The molecule has 0 saturated heterocycles. The molecule has 1 aliphatic heterocycles. The summed E-state index contributed by atoms with van der Waals surface area (Å²) in [5, 5.41) is 5.16. The molecule has 0 bridgehead atoms. The van der Waals surface area contributed by atoms with Gasteiger partial charge in [0.15, 0.2) is 0 Å². The number of carbonyl (C=O) groups excluding carboxylic acids is 1. The van der Waals surface area contributed by atoms with Gasteiger partial charge in [0.25, 0.3) is 0 Å². The summed E-state index contributed by atoms with van der Waals surface area (Å²) in [7, 11) is 0. The first-order chi connectivity index (χ1) is 13.7. The van der Waals surface area contributed by atoms with Crippen molar-refractivity contribution in [3.05, 3.63) is 93.4 Å². The largest absolute Gasteiger partial charge is 0.355 e. The lowest BCUT2D eigenvalue weighted by Crippen LogP contribution is -2.43. The van der Waals surface area contributed by atoms with Gasteiger partial charge in [-0.25, -0.2) is 4.39 Å². The summed E-state index contributed by atoms with van der Waals surface area (Å²) in [6, 6.07) is 19.1. The zero-order chi connectivity index (χ0) is 19.3. The second kappa shape index (κ2) is 8.67. The van der Waals surface area contributed by atoms with Crippen molar-refractivity contribution in [3.8, 4) is 0 Å². The molecule has 2 heterocycles. The Kier molecular flexibility index (Phi) is 5.84. The van der Waals surface area contributed by atoms with Crippen molar-refractivity contribution in [1.82, 2.24) is 10.2 Å². The number of hydrogen-bond acceptors (Lipinski definition) is 3. The lowest BCUT2D eigenvalue weighted by Gasteiger charge is -2.35. The van der Waals surface area contributed by atoms with Crippen LogP contribution in [-0.2, 0) is 17.6 Å². The molecule has 1 aliphatic rings. The van der Waals surface area contributed by atoms with E-state index in [1.165, 1.54) is 28.1 Å². The predicted octanol–water partition coefficient (Wildman–Crippen LogP) is 4.19. The van der Waals surface area contributed by atoms with E-state index in [1.807, 2.05) is 6.07 Å². The molecule has 5 heteroatoms. The topological polar surface area (TPSA) is 32.3 Å². The summed E-state index contributed by atoms with van der Waals surface area (Å²) >= 11 is 1.80. The third kappa shape index (κ3) is 4.32. The van der Waals surface area contributed by atoms with Crippen LogP contribution in [0.25, 0.3) is 0 Å². The molecule has 144 valence electrons. The molecular formula is C23H23FN2OS. The summed E-state index contributed by atoms with van der Waals surface area (Å²) in [4.78, 5) is 16.3. The summed E-state index contributed by atoms with van der Waals surface area (Å²) in [6.45, 7) is 1.80. The van der Waals surface area contributed by atoms with E-state index in [0.29, 0.717) is 19.5 Å². The van der Waals surface area contributed by atoms with Gasteiger partial charge < -0.3 is 5.32 Å². The van der Waals surface area contributed by atoms with Crippen molar-refractivity contribution in [2.45, 2.75) is 18.9 Å². The predicted molar refractivity (Wildman–Crippen MR) is 111 cm³/mol. The first-order valence-electron chi connectivity index (χ1n) is 9.57. The van der Waals surface area contributed by atoms with Crippen molar-refractivity contribution in [3.63, 3.8) is 0 Å². The SMILES string of the molecule is O=C(CN1CCc2sccc2C1c1ccccc1)NCCc1ccc(F)cc1. The van der Waals surface area contributed by atoms with Crippen molar-refractivity contribution < 1.29 is 9.18 Å². The molecular weight excluding hydrogens is 371 g/mol. The van der Waals surface area contributed by atoms with Gasteiger partial charge in [-0.15, -0.1) is 11.3 Å². The zero-order valence-electron chi connectivity index (χ0n) is 15.6. The number of rotatable bonds is 6. The van der Waals surface area contributed by atoms with Crippen molar-refractivity contribution in [1.29, 1.82) is 0 Å². The Balaban J connectivity index is 1.40. The van der Waals surface area contributed by atoms with E-state index >= 15 is 0 Å². The highest BCUT2D eigenvalue weighted by atomic mass is 32.1. The third-order valence-corrected chi connectivity index (χ3v) is 6.17. The van der Waals surface area contributed by atoms with E-state index in [-0.39, 0.29) is 17.8 Å². The molecule has 3 aromatic rings. The molecule has 1 unspecified atom stereocenters. The summed E-state index contributed by atoms with van der Waals surface area (Å²) in [6.07, 6.45) is 1.68. The average molecular weight is 395 g/mol. The second-order valence-electron chi connectivity index (χ2n) is 7.06. The highest BCUT2D eigenvalue weighted by molar-refractivity contribution is 7.10. The fraction of sp³-hybridized carbons (Fsp3) is 0.261. The molecule has 1 amide bonds. The molecule has 2 aromatic carbocycles. The number of nitrogens with one attached hydrogen (secondary N) is 1. The van der Waals surface area contributed by atoms with Crippen molar-refractivity contribution >= 4 is 17.2 Å². The van der Waals surface area contributed by atoms with Gasteiger partial charge in [0.05, 0.1) is 12.6 Å². The van der Waals surface area contributed by atoms with Gasteiger partial charge >= 0.3 is 0 Å². The van der Waals surface area contributed by atoms with Crippen LogP contribution in [0.5, 0.6) is 0 Å². The van der Waals surface area contributed by atoms with Crippen LogP contribution in [-0.4, -0.2) is 30.4 Å². The number of nitrogens with zero attached hydrogens (tertiary/aromatic N) is 1. The number of carbonyl (C=O) groups is 1. The maximum atomic E-state index is 13.0. The van der Waals surface area contributed by atoms with Gasteiger partial charge in [-0.1, -0.05) is 42.5 Å². The van der Waals surface area contributed by atoms with Gasteiger partial charge in [-0.2, -0.15) is 0 Å². The molecule has 0 saturated carbocycles. The number of amides is 1. The van der Waals surface area contributed by atoms with E-state index in [2.05, 4.69) is 45.9 Å². The van der Waals surface area contributed by atoms with Crippen LogP contribution < -0.4 is 5.32 Å². The third-order valence-electron chi connectivity index (χ3n) is 5.18. The van der Waals surface area contributed by atoms with Crippen molar-refractivity contribution in [2.75, 3.05) is 19.6 Å². The molecule has 0 radical (unpaired) electrons. The van der Waals surface area contributed by atoms with Gasteiger partial charge in [0.2, 0.25) is 5.91 Å².